The molecule has 5 heteroatoms. The Morgan fingerprint density at radius 2 is 1.89 bits per heavy atom. The molecule has 3 atom stereocenters. The minimum absolute atomic E-state index is 0.00718. The molecule has 0 saturated heterocycles. The van der Waals surface area contributed by atoms with Crippen molar-refractivity contribution in [1.29, 1.82) is 0 Å². The Balaban J connectivity index is 4.66. The summed E-state index contributed by atoms with van der Waals surface area (Å²) in [6.07, 6.45) is 0.893. The molecule has 0 fully saturated rings. The van der Waals surface area contributed by atoms with Crippen molar-refractivity contribution in [2.75, 3.05) is 34.0 Å². The summed E-state index contributed by atoms with van der Waals surface area (Å²) in [6.45, 7) is 7.55. The molecular weight excluding hydrogens is 232 g/mol. The first kappa shape index (κ1) is 17.4. The predicted octanol–water partition coefficient (Wildman–Crippen LogP) is 0.870. The zero-order valence-corrected chi connectivity index (χ0v) is 12.3. The van der Waals surface area contributed by atoms with Crippen molar-refractivity contribution in [2.45, 2.75) is 39.3 Å². The van der Waals surface area contributed by atoms with Crippen molar-refractivity contribution < 1.29 is 14.3 Å². The highest BCUT2D eigenvalue weighted by Crippen LogP contribution is 2.11. The Bertz CT molecular complexity index is 236. The van der Waals surface area contributed by atoms with Crippen molar-refractivity contribution in [2.24, 2.45) is 11.7 Å². The van der Waals surface area contributed by atoms with Crippen LogP contribution in [0.4, 0.5) is 0 Å². The van der Waals surface area contributed by atoms with E-state index in [1.165, 1.54) is 0 Å². The molecule has 2 unspecified atom stereocenters. The second kappa shape index (κ2) is 9.30. The van der Waals surface area contributed by atoms with Crippen LogP contribution >= 0.6 is 0 Å². The fourth-order valence-corrected chi connectivity index (χ4v) is 1.76. The second-order valence-corrected chi connectivity index (χ2v) is 4.74. The Morgan fingerprint density at radius 3 is 2.33 bits per heavy atom. The molecule has 0 aromatic heterocycles. The molecule has 108 valence electrons. The number of nitrogens with two attached hydrogens (primary N) is 1. The molecule has 0 bridgehead atoms. The average Bonchev–Trinajstić information content (AvgIpc) is 2.37. The van der Waals surface area contributed by atoms with Gasteiger partial charge >= 0.3 is 0 Å². The Kier molecular flexibility index (Phi) is 8.97. The molecular formula is C13H28N2O3. The number of rotatable bonds is 9. The first-order valence-electron chi connectivity index (χ1n) is 6.53. The van der Waals surface area contributed by atoms with Crippen LogP contribution in [0.5, 0.6) is 0 Å². The highest BCUT2D eigenvalue weighted by atomic mass is 16.5. The molecule has 2 N–H and O–H groups in total. The number of nitrogens with zero attached hydrogens (tertiary/aromatic N) is 1. The van der Waals surface area contributed by atoms with Crippen molar-refractivity contribution in [1.82, 2.24) is 4.90 Å². The molecule has 0 aromatic rings. The zero-order chi connectivity index (χ0) is 14.1. The summed E-state index contributed by atoms with van der Waals surface area (Å²) in [4.78, 5) is 14.1. The Labute approximate surface area is 111 Å². The van der Waals surface area contributed by atoms with Crippen LogP contribution in [0, 0.1) is 5.92 Å². The lowest BCUT2D eigenvalue weighted by molar-refractivity contribution is -0.137. The summed E-state index contributed by atoms with van der Waals surface area (Å²) in [5, 5.41) is 0. The molecule has 0 rings (SSSR count). The molecule has 0 spiro atoms. The molecule has 0 heterocycles. The maximum Gasteiger partial charge on any atom is 0.240 e. The first-order valence-corrected chi connectivity index (χ1v) is 6.53. The van der Waals surface area contributed by atoms with Crippen LogP contribution in [0.15, 0.2) is 0 Å². The smallest absolute Gasteiger partial charge is 0.240 e. The quantitative estimate of drug-likeness (QED) is 0.668. The molecule has 1 amide bonds. The number of amides is 1. The highest BCUT2D eigenvalue weighted by molar-refractivity contribution is 5.82. The van der Waals surface area contributed by atoms with E-state index in [9.17, 15) is 4.79 Å². The summed E-state index contributed by atoms with van der Waals surface area (Å²) in [5.41, 5.74) is 6.00. The lowest BCUT2D eigenvalue weighted by Crippen LogP contribution is -2.52. The Hall–Kier alpha value is -0.650. The zero-order valence-electron chi connectivity index (χ0n) is 12.3. The highest BCUT2D eigenvalue weighted by Gasteiger charge is 2.27. The van der Waals surface area contributed by atoms with Gasteiger partial charge in [-0.1, -0.05) is 20.3 Å². The Morgan fingerprint density at radius 1 is 1.28 bits per heavy atom. The molecule has 0 aromatic carbocycles. The first-order chi connectivity index (χ1) is 8.49. The number of ether oxygens (including phenoxy) is 2. The van der Waals surface area contributed by atoms with Gasteiger partial charge in [0.1, 0.15) is 0 Å². The monoisotopic (exact) mass is 260 g/mol. The fourth-order valence-electron chi connectivity index (χ4n) is 1.76. The average molecular weight is 260 g/mol. The third-order valence-corrected chi connectivity index (χ3v) is 3.30. The van der Waals surface area contributed by atoms with E-state index >= 15 is 0 Å². The van der Waals surface area contributed by atoms with Gasteiger partial charge in [-0.2, -0.15) is 0 Å². The third kappa shape index (κ3) is 5.33. The maximum absolute atomic E-state index is 12.4. The fraction of sp³-hybridized carbons (Fsp3) is 0.923. The number of carbonyl (C=O) groups is 1. The van der Waals surface area contributed by atoms with Gasteiger partial charge in [-0.05, 0) is 12.8 Å². The summed E-state index contributed by atoms with van der Waals surface area (Å²) < 4.78 is 10.1. The van der Waals surface area contributed by atoms with Gasteiger partial charge in [0.2, 0.25) is 5.91 Å². The standard InChI is InChI=1S/C13H28N2O3/c1-6-10(2)12(14)13(16)15(7-8-17-4)11(3)9-18-5/h10-12H,6-9,14H2,1-5H3/t10?,11?,12-/m0/s1. The van der Waals surface area contributed by atoms with E-state index in [0.717, 1.165) is 6.42 Å². The normalized spacial score (nSPS) is 16.1. The van der Waals surface area contributed by atoms with Crippen LogP contribution in [-0.4, -0.2) is 56.9 Å². The second-order valence-electron chi connectivity index (χ2n) is 4.74. The minimum atomic E-state index is -0.453. The summed E-state index contributed by atoms with van der Waals surface area (Å²) in [6, 6.07) is -0.445. The van der Waals surface area contributed by atoms with E-state index in [0.29, 0.717) is 19.8 Å². The van der Waals surface area contributed by atoms with Gasteiger partial charge in [-0.3, -0.25) is 4.79 Å². The van der Waals surface area contributed by atoms with Gasteiger partial charge in [0.15, 0.2) is 0 Å². The van der Waals surface area contributed by atoms with Crippen LogP contribution in [0.3, 0.4) is 0 Å². The van der Waals surface area contributed by atoms with Crippen molar-refractivity contribution >= 4 is 5.91 Å². The molecule has 0 aliphatic rings. The summed E-state index contributed by atoms with van der Waals surface area (Å²) in [7, 11) is 3.25. The predicted molar refractivity (Wildman–Crippen MR) is 72.4 cm³/mol. The van der Waals surface area contributed by atoms with E-state index in [1.807, 2.05) is 20.8 Å². The number of carbonyl (C=O) groups excluding carboxylic acids is 1. The van der Waals surface area contributed by atoms with E-state index in [-0.39, 0.29) is 17.9 Å². The van der Waals surface area contributed by atoms with Crippen LogP contribution < -0.4 is 5.73 Å². The largest absolute Gasteiger partial charge is 0.383 e. The molecule has 18 heavy (non-hydrogen) atoms. The van der Waals surface area contributed by atoms with Crippen molar-refractivity contribution in [3.63, 3.8) is 0 Å². The van der Waals surface area contributed by atoms with E-state index < -0.39 is 6.04 Å². The van der Waals surface area contributed by atoms with Crippen LogP contribution in [-0.2, 0) is 14.3 Å². The van der Waals surface area contributed by atoms with E-state index in [1.54, 1.807) is 19.1 Å². The minimum Gasteiger partial charge on any atom is -0.383 e. The maximum atomic E-state index is 12.4. The molecule has 0 aliphatic carbocycles. The summed E-state index contributed by atoms with van der Waals surface area (Å²) >= 11 is 0. The van der Waals surface area contributed by atoms with Crippen molar-refractivity contribution in [3.05, 3.63) is 0 Å². The van der Waals surface area contributed by atoms with E-state index in [4.69, 9.17) is 15.2 Å². The SMILES string of the molecule is CCC(C)[C@H](N)C(=O)N(CCOC)C(C)COC. The summed E-state index contributed by atoms with van der Waals surface area (Å²) in [5.74, 6) is 0.156. The topological polar surface area (TPSA) is 64.8 Å². The van der Waals surface area contributed by atoms with Gasteiger partial charge in [0, 0.05) is 20.8 Å². The number of hydrogen-bond donors (Lipinski definition) is 1. The molecule has 0 radical (unpaired) electrons. The lowest BCUT2D eigenvalue weighted by Gasteiger charge is -2.32. The molecule has 5 nitrogen and oxygen atoms in total. The molecule has 0 saturated carbocycles. The molecule has 0 aliphatic heterocycles. The van der Waals surface area contributed by atoms with Gasteiger partial charge in [-0.25, -0.2) is 0 Å². The van der Waals surface area contributed by atoms with Crippen LogP contribution in [0.1, 0.15) is 27.2 Å². The van der Waals surface area contributed by atoms with Crippen LogP contribution in [0.25, 0.3) is 0 Å². The van der Waals surface area contributed by atoms with Gasteiger partial charge in [0.05, 0.1) is 25.3 Å². The van der Waals surface area contributed by atoms with Gasteiger partial charge in [0.25, 0.3) is 0 Å². The lowest BCUT2D eigenvalue weighted by atomic mass is 9.98. The van der Waals surface area contributed by atoms with Crippen molar-refractivity contribution in [3.8, 4) is 0 Å². The van der Waals surface area contributed by atoms with Gasteiger partial charge < -0.3 is 20.1 Å². The number of hydrogen-bond acceptors (Lipinski definition) is 4. The third-order valence-electron chi connectivity index (χ3n) is 3.30. The van der Waals surface area contributed by atoms with Gasteiger partial charge in [-0.15, -0.1) is 0 Å². The van der Waals surface area contributed by atoms with Crippen LogP contribution in [0.2, 0.25) is 0 Å². The van der Waals surface area contributed by atoms with E-state index in [2.05, 4.69) is 0 Å². The number of methoxy groups -OCH3 is 2.